The van der Waals surface area contributed by atoms with E-state index in [1.165, 1.54) is 6.08 Å². The summed E-state index contributed by atoms with van der Waals surface area (Å²) >= 11 is 0. The van der Waals surface area contributed by atoms with Gasteiger partial charge in [0.2, 0.25) is 5.78 Å². The fourth-order valence-electron chi connectivity index (χ4n) is 1.42. The summed E-state index contributed by atoms with van der Waals surface area (Å²) in [5.41, 5.74) is 0.988. The van der Waals surface area contributed by atoms with Crippen LogP contribution in [0.1, 0.15) is 12.5 Å². The number of aliphatic imine (C=N–C) groups is 1. The maximum absolute atomic E-state index is 11.6. The van der Waals surface area contributed by atoms with E-state index in [0.717, 1.165) is 5.56 Å². The van der Waals surface area contributed by atoms with Crippen molar-refractivity contribution in [2.75, 3.05) is 6.61 Å². The van der Waals surface area contributed by atoms with E-state index in [0.29, 0.717) is 6.61 Å². The summed E-state index contributed by atoms with van der Waals surface area (Å²) in [5, 5.41) is 0. The molecular weight excluding hydrogens is 202 g/mol. The van der Waals surface area contributed by atoms with E-state index < -0.39 is 0 Å². The molecule has 82 valence electrons. The Kier molecular flexibility index (Phi) is 3.15. The lowest BCUT2D eigenvalue weighted by Gasteiger charge is -1.95. The molecular formula is C13H13NO2. The molecule has 1 aromatic carbocycles. The van der Waals surface area contributed by atoms with Gasteiger partial charge in [0.15, 0.2) is 0 Å². The Morgan fingerprint density at radius 1 is 1.44 bits per heavy atom. The maximum Gasteiger partial charge on any atom is 0.258 e. The van der Waals surface area contributed by atoms with Crippen molar-refractivity contribution >= 4 is 17.8 Å². The van der Waals surface area contributed by atoms with Crippen molar-refractivity contribution < 1.29 is 9.53 Å². The summed E-state index contributed by atoms with van der Waals surface area (Å²) in [5.74, 6) is 0.0490. The van der Waals surface area contributed by atoms with Crippen LogP contribution in [0.3, 0.4) is 0 Å². The van der Waals surface area contributed by atoms with Gasteiger partial charge >= 0.3 is 0 Å². The second-order valence-electron chi connectivity index (χ2n) is 3.70. The molecule has 3 nitrogen and oxygen atoms in total. The molecule has 0 saturated carbocycles. The predicted octanol–water partition coefficient (Wildman–Crippen LogP) is 2.09. The van der Waals surface area contributed by atoms with E-state index in [1.54, 1.807) is 6.08 Å². The Hall–Kier alpha value is -1.90. The van der Waals surface area contributed by atoms with Crippen molar-refractivity contribution in [3.8, 4) is 0 Å². The van der Waals surface area contributed by atoms with Crippen molar-refractivity contribution in [1.82, 2.24) is 0 Å². The van der Waals surface area contributed by atoms with Crippen molar-refractivity contribution in [3.05, 3.63) is 42.0 Å². The third-order valence-corrected chi connectivity index (χ3v) is 2.24. The number of carbonyl (C=O) groups is 1. The molecule has 0 radical (unpaired) electrons. The standard InChI is InChI=1S/C13H13NO2/c1-10-9-16-13(14-10)12(15)8-7-11-5-3-2-4-6-11/h2-8,10H,9H2,1H3. The summed E-state index contributed by atoms with van der Waals surface area (Å²) < 4.78 is 5.16. The summed E-state index contributed by atoms with van der Waals surface area (Å²) in [7, 11) is 0. The molecule has 1 aliphatic rings. The van der Waals surface area contributed by atoms with Crippen LogP contribution in [-0.4, -0.2) is 24.3 Å². The monoisotopic (exact) mass is 215 g/mol. The first-order valence-corrected chi connectivity index (χ1v) is 5.24. The highest BCUT2D eigenvalue weighted by Crippen LogP contribution is 2.06. The molecule has 0 fully saturated rings. The SMILES string of the molecule is CC1COC(C(=O)C=Cc2ccccc2)=N1. The number of ether oxygens (including phenoxy) is 1. The number of carbonyl (C=O) groups excluding carboxylic acids is 1. The number of hydrogen-bond donors (Lipinski definition) is 0. The van der Waals surface area contributed by atoms with Crippen LogP contribution in [0.5, 0.6) is 0 Å². The van der Waals surface area contributed by atoms with Gasteiger partial charge in [0, 0.05) is 0 Å². The molecule has 1 atom stereocenters. The second-order valence-corrected chi connectivity index (χ2v) is 3.70. The molecule has 0 saturated heterocycles. The second kappa shape index (κ2) is 4.75. The summed E-state index contributed by atoms with van der Waals surface area (Å²) in [6.07, 6.45) is 3.25. The Morgan fingerprint density at radius 2 is 2.19 bits per heavy atom. The minimum Gasteiger partial charge on any atom is -0.473 e. The van der Waals surface area contributed by atoms with Gasteiger partial charge in [-0.05, 0) is 18.6 Å². The first-order chi connectivity index (χ1) is 7.75. The molecule has 2 rings (SSSR count). The van der Waals surface area contributed by atoms with Crippen LogP contribution in [0.15, 0.2) is 41.4 Å². The van der Waals surface area contributed by atoms with Gasteiger partial charge in [-0.1, -0.05) is 36.4 Å². The molecule has 3 heteroatoms. The van der Waals surface area contributed by atoms with Gasteiger partial charge in [-0.25, -0.2) is 4.99 Å². The topological polar surface area (TPSA) is 38.7 Å². The fourth-order valence-corrected chi connectivity index (χ4v) is 1.42. The van der Waals surface area contributed by atoms with Gasteiger partial charge in [0.05, 0.1) is 6.04 Å². The van der Waals surface area contributed by atoms with Crippen LogP contribution in [-0.2, 0) is 9.53 Å². The Bertz CT molecular complexity index is 435. The maximum atomic E-state index is 11.6. The van der Waals surface area contributed by atoms with Crippen LogP contribution in [0.2, 0.25) is 0 Å². The Balaban J connectivity index is 2.03. The fraction of sp³-hybridized carbons (Fsp3) is 0.231. The predicted molar refractivity (Wildman–Crippen MR) is 63.3 cm³/mol. The zero-order chi connectivity index (χ0) is 11.4. The Labute approximate surface area is 94.5 Å². The van der Waals surface area contributed by atoms with Crippen LogP contribution in [0.4, 0.5) is 0 Å². The van der Waals surface area contributed by atoms with Gasteiger partial charge in [-0.15, -0.1) is 0 Å². The third kappa shape index (κ3) is 2.57. The number of ketones is 1. The lowest BCUT2D eigenvalue weighted by molar-refractivity contribution is -0.110. The summed E-state index contributed by atoms with van der Waals surface area (Å²) in [4.78, 5) is 15.7. The highest BCUT2D eigenvalue weighted by atomic mass is 16.5. The largest absolute Gasteiger partial charge is 0.473 e. The van der Waals surface area contributed by atoms with Gasteiger partial charge in [0.25, 0.3) is 5.90 Å². The summed E-state index contributed by atoms with van der Waals surface area (Å²) in [6.45, 7) is 2.42. The molecule has 0 bridgehead atoms. The number of nitrogens with zero attached hydrogens (tertiary/aromatic N) is 1. The number of hydrogen-bond acceptors (Lipinski definition) is 3. The number of benzene rings is 1. The minimum atomic E-state index is -0.173. The Morgan fingerprint density at radius 3 is 2.81 bits per heavy atom. The molecule has 0 amide bonds. The molecule has 1 aliphatic heterocycles. The van der Waals surface area contributed by atoms with Crippen LogP contribution < -0.4 is 0 Å². The van der Waals surface area contributed by atoms with E-state index in [-0.39, 0.29) is 17.7 Å². The van der Waals surface area contributed by atoms with Crippen LogP contribution in [0.25, 0.3) is 6.08 Å². The molecule has 1 aromatic rings. The zero-order valence-corrected chi connectivity index (χ0v) is 9.09. The van der Waals surface area contributed by atoms with E-state index in [9.17, 15) is 4.79 Å². The smallest absolute Gasteiger partial charge is 0.258 e. The van der Waals surface area contributed by atoms with Crippen molar-refractivity contribution in [1.29, 1.82) is 0 Å². The molecule has 0 aliphatic carbocycles. The van der Waals surface area contributed by atoms with Crippen molar-refractivity contribution in [2.24, 2.45) is 4.99 Å². The molecule has 0 aromatic heterocycles. The quantitative estimate of drug-likeness (QED) is 0.724. The first kappa shape index (κ1) is 10.6. The van der Waals surface area contributed by atoms with Crippen LogP contribution in [0, 0.1) is 0 Å². The molecule has 1 unspecified atom stereocenters. The van der Waals surface area contributed by atoms with Crippen molar-refractivity contribution in [3.63, 3.8) is 0 Å². The average molecular weight is 215 g/mol. The minimum absolute atomic E-state index is 0.0871. The first-order valence-electron chi connectivity index (χ1n) is 5.24. The van der Waals surface area contributed by atoms with Gasteiger partial charge < -0.3 is 4.74 Å². The summed E-state index contributed by atoms with van der Waals surface area (Å²) in [6, 6.07) is 9.74. The van der Waals surface area contributed by atoms with E-state index >= 15 is 0 Å². The molecule has 1 heterocycles. The van der Waals surface area contributed by atoms with Crippen LogP contribution >= 0.6 is 0 Å². The molecule has 16 heavy (non-hydrogen) atoms. The van der Waals surface area contributed by atoms with Gasteiger partial charge in [-0.2, -0.15) is 0 Å². The average Bonchev–Trinajstić information content (AvgIpc) is 2.74. The molecule has 0 spiro atoms. The highest BCUT2D eigenvalue weighted by Gasteiger charge is 2.18. The lowest BCUT2D eigenvalue weighted by Crippen LogP contribution is -2.10. The normalized spacial score (nSPS) is 19.6. The highest BCUT2D eigenvalue weighted by molar-refractivity contribution is 6.41. The third-order valence-electron chi connectivity index (χ3n) is 2.24. The molecule has 0 N–H and O–H groups in total. The van der Waals surface area contributed by atoms with E-state index in [2.05, 4.69) is 4.99 Å². The lowest BCUT2D eigenvalue weighted by atomic mass is 10.2. The van der Waals surface area contributed by atoms with E-state index in [4.69, 9.17) is 4.74 Å². The number of rotatable bonds is 3. The van der Waals surface area contributed by atoms with Gasteiger partial charge in [-0.3, -0.25) is 4.79 Å². The van der Waals surface area contributed by atoms with E-state index in [1.807, 2.05) is 37.3 Å². The van der Waals surface area contributed by atoms with Gasteiger partial charge in [0.1, 0.15) is 6.61 Å². The van der Waals surface area contributed by atoms with Crippen molar-refractivity contribution in [2.45, 2.75) is 13.0 Å². The zero-order valence-electron chi connectivity index (χ0n) is 9.09.